The molecule has 1 saturated carbocycles. The van der Waals surface area contributed by atoms with Gasteiger partial charge in [0.15, 0.2) is 0 Å². The summed E-state index contributed by atoms with van der Waals surface area (Å²) in [4.78, 5) is 14.5. The van der Waals surface area contributed by atoms with Crippen LogP contribution in [0.4, 0.5) is 0 Å². The van der Waals surface area contributed by atoms with Crippen LogP contribution in [0.25, 0.3) is 0 Å². The van der Waals surface area contributed by atoms with Crippen LogP contribution in [-0.4, -0.2) is 46.7 Å². The molecular formula is C16H26N4O. The Bertz CT molecular complexity index is 480. The number of carbonyl (C=O) groups is 1. The Morgan fingerprint density at radius 2 is 2.29 bits per heavy atom. The number of aromatic nitrogens is 2. The van der Waals surface area contributed by atoms with E-state index in [1.807, 2.05) is 6.07 Å². The molecule has 2 fully saturated rings. The zero-order valence-electron chi connectivity index (χ0n) is 12.9. The van der Waals surface area contributed by atoms with Gasteiger partial charge >= 0.3 is 0 Å². The van der Waals surface area contributed by atoms with Crippen LogP contribution < -0.4 is 5.32 Å². The van der Waals surface area contributed by atoms with Gasteiger partial charge in [0, 0.05) is 30.7 Å². The number of rotatable bonds is 6. The quantitative estimate of drug-likeness (QED) is 0.790. The molecule has 0 bridgehead atoms. The lowest BCUT2D eigenvalue weighted by Gasteiger charge is -2.33. The van der Waals surface area contributed by atoms with Crippen LogP contribution in [0, 0.1) is 0 Å². The molecule has 1 aliphatic heterocycles. The monoisotopic (exact) mass is 290 g/mol. The van der Waals surface area contributed by atoms with E-state index >= 15 is 0 Å². The maximum Gasteiger partial charge on any atom is 0.271 e. The predicted molar refractivity (Wildman–Crippen MR) is 82.4 cm³/mol. The standard InChI is InChI=1S/C16H26N4O/c1-12-5-2-3-9-20(12)10-4-8-17-16(21)15-11-14(18-19-15)13-6-7-13/h11-13H,2-10H2,1H3,(H,17,21)(H,18,19). The molecule has 5 heteroatoms. The third-order valence-electron chi connectivity index (χ3n) is 4.70. The molecule has 1 atom stereocenters. The maximum atomic E-state index is 12.0. The minimum Gasteiger partial charge on any atom is -0.351 e. The number of H-pyrrole nitrogens is 1. The van der Waals surface area contributed by atoms with Gasteiger partial charge in [0.25, 0.3) is 5.91 Å². The van der Waals surface area contributed by atoms with E-state index in [1.165, 1.54) is 38.6 Å². The molecule has 0 spiro atoms. The molecule has 2 aliphatic rings. The van der Waals surface area contributed by atoms with Gasteiger partial charge in [0.05, 0.1) is 0 Å². The van der Waals surface area contributed by atoms with Gasteiger partial charge in [-0.1, -0.05) is 6.42 Å². The fourth-order valence-electron chi connectivity index (χ4n) is 3.12. The molecule has 116 valence electrons. The van der Waals surface area contributed by atoms with Crippen molar-refractivity contribution in [1.29, 1.82) is 0 Å². The van der Waals surface area contributed by atoms with Crippen LogP contribution in [-0.2, 0) is 0 Å². The van der Waals surface area contributed by atoms with Crippen molar-refractivity contribution < 1.29 is 4.79 Å². The van der Waals surface area contributed by atoms with Crippen LogP contribution in [0.3, 0.4) is 0 Å². The van der Waals surface area contributed by atoms with E-state index in [1.54, 1.807) is 0 Å². The average molecular weight is 290 g/mol. The van der Waals surface area contributed by atoms with Crippen molar-refractivity contribution in [3.63, 3.8) is 0 Å². The summed E-state index contributed by atoms with van der Waals surface area (Å²) in [6, 6.07) is 2.60. The smallest absolute Gasteiger partial charge is 0.271 e. The maximum absolute atomic E-state index is 12.0. The number of nitrogens with zero attached hydrogens (tertiary/aromatic N) is 2. The first-order valence-electron chi connectivity index (χ1n) is 8.31. The van der Waals surface area contributed by atoms with E-state index < -0.39 is 0 Å². The summed E-state index contributed by atoms with van der Waals surface area (Å²) >= 11 is 0. The van der Waals surface area contributed by atoms with Crippen molar-refractivity contribution in [2.45, 2.75) is 57.4 Å². The molecule has 3 rings (SSSR count). The number of piperidine rings is 1. The molecule has 0 radical (unpaired) electrons. The lowest BCUT2D eigenvalue weighted by molar-refractivity contribution is 0.0944. The first-order valence-corrected chi connectivity index (χ1v) is 8.31. The number of amides is 1. The summed E-state index contributed by atoms with van der Waals surface area (Å²) in [6.07, 6.45) is 7.43. The number of hydrogen-bond acceptors (Lipinski definition) is 3. The van der Waals surface area contributed by atoms with Gasteiger partial charge in [-0.3, -0.25) is 9.89 Å². The summed E-state index contributed by atoms with van der Waals surface area (Å²) in [5.41, 5.74) is 1.64. The van der Waals surface area contributed by atoms with Crippen LogP contribution in [0.1, 0.15) is 67.5 Å². The second-order valence-corrected chi connectivity index (χ2v) is 6.47. The van der Waals surface area contributed by atoms with Gasteiger partial charge in [-0.2, -0.15) is 5.10 Å². The van der Waals surface area contributed by atoms with Crippen molar-refractivity contribution in [3.05, 3.63) is 17.5 Å². The van der Waals surface area contributed by atoms with Crippen molar-refractivity contribution in [2.24, 2.45) is 0 Å². The third-order valence-corrected chi connectivity index (χ3v) is 4.70. The van der Waals surface area contributed by atoms with Gasteiger partial charge in [-0.05, 0) is 51.6 Å². The molecule has 1 aromatic heterocycles. The Balaban J connectivity index is 1.37. The van der Waals surface area contributed by atoms with E-state index in [0.29, 0.717) is 17.7 Å². The Hall–Kier alpha value is -1.36. The lowest BCUT2D eigenvalue weighted by Crippen LogP contribution is -2.39. The fraction of sp³-hybridized carbons (Fsp3) is 0.750. The van der Waals surface area contributed by atoms with Crippen LogP contribution in [0.5, 0.6) is 0 Å². The molecule has 2 heterocycles. The van der Waals surface area contributed by atoms with E-state index in [0.717, 1.165) is 25.2 Å². The molecular weight excluding hydrogens is 264 g/mol. The van der Waals surface area contributed by atoms with Gasteiger partial charge in [-0.15, -0.1) is 0 Å². The SMILES string of the molecule is CC1CCCCN1CCCNC(=O)c1cc(C2CC2)[nH]n1. The summed E-state index contributed by atoms with van der Waals surface area (Å²) in [5.74, 6) is 0.560. The van der Waals surface area contributed by atoms with E-state index in [4.69, 9.17) is 0 Å². The summed E-state index contributed by atoms with van der Waals surface area (Å²) in [6.45, 7) is 5.32. The van der Waals surface area contributed by atoms with Crippen molar-refractivity contribution >= 4 is 5.91 Å². The number of likely N-dealkylation sites (tertiary alicyclic amines) is 1. The van der Waals surface area contributed by atoms with Gasteiger partial charge < -0.3 is 10.2 Å². The van der Waals surface area contributed by atoms with Gasteiger partial charge in [0.2, 0.25) is 0 Å². The molecule has 1 aromatic rings. The molecule has 0 aromatic carbocycles. The topological polar surface area (TPSA) is 61.0 Å². The first-order chi connectivity index (χ1) is 10.2. The average Bonchev–Trinajstić information content (AvgIpc) is 3.22. The second kappa shape index (κ2) is 6.60. The largest absolute Gasteiger partial charge is 0.351 e. The number of hydrogen-bond donors (Lipinski definition) is 2. The summed E-state index contributed by atoms with van der Waals surface area (Å²) in [5, 5.41) is 10.1. The number of carbonyl (C=O) groups excluding carboxylic acids is 1. The van der Waals surface area contributed by atoms with E-state index in [9.17, 15) is 4.79 Å². The minimum atomic E-state index is -0.0511. The normalized spacial score (nSPS) is 23.2. The van der Waals surface area contributed by atoms with Crippen molar-refractivity contribution in [3.8, 4) is 0 Å². The molecule has 5 nitrogen and oxygen atoms in total. The summed E-state index contributed by atoms with van der Waals surface area (Å²) < 4.78 is 0. The molecule has 1 unspecified atom stereocenters. The van der Waals surface area contributed by atoms with E-state index in [-0.39, 0.29) is 5.91 Å². The third kappa shape index (κ3) is 3.84. The summed E-state index contributed by atoms with van der Waals surface area (Å²) in [7, 11) is 0. The Kier molecular flexibility index (Phi) is 4.58. The highest BCUT2D eigenvalue weighted by molar-refractivity contribution is 5.92. The van der Waals surface area contributed by atoms with Crippen LogP contribution in [0.2, 0.25) is 0 Å². The van der Waals surface area contributed by atoms with Crippen molar-refractivity contribution in [1.82, 2.24) is 20.4 Å². The molecule has 1 amide bonds. The fourth-order valence-corrected chi connectivity index (χ4v) is 3.12. The number of nitrogens with one attached hydrogen (secondary N) is 2. The van der Waals surface area contributed by atoms with Gasteiger partial charge in [0.1, 0.15) is 5.69 Å². The Morgan fingerprint density at radius 1 is 1.43 bits per heavy atom. The second-order valence-electron chi connectivity index (χ2n) is 6.47. The lowest BCUT2D eigenvalue weighted by atomic mass is 10.0. The first kappa shape index (κ1) is 14.6. The van der Waals surface area contributed by atoms with Crippen molar-refractivity contribution in [2.75, 3.05) is 19.6 Å². The van der Waals surface area contributed by atoms with Gasteiger partial charge in [-0.25, -0.2) is 0 Å². The molecule has 2 N–H and O–H groups in total. The zero-order chi connectivity index (χ0) is 14.7. The highest BCUT2D eigenvalue weighted by Crippen LogP contribution is 2.38. The van der Waals surface area contributed by atoms with E-state index in [2.05, 4.69) is 27.3 Å². The highest BCUT2D eigenvalue weighted by Gasteiger charge is 2.26. The molecule has 21 heavy (non-hydrogen) atoms. The Morgan fingerprint density at radius 3 is 3.05 bits per heavy atom. The Labute approximate surface area is 126 Å². The molecule has 1 aliphatic carbocycles. The predicted octanol–water partition coefficient (Wildman–Crippen LogP) is 2.28. The van der Waals surface area contributed by atoms with Crippen LogP contribution >= 0.6 is 0 Å². The zero-order valence-corrected chi connectivity index (χ0v) is 12.9. The molecule has 1 saturated heterocycles. The highest BCUT2D eigenvalue weighted by atomic mass is 16.1. The number of aromatic amines is 1. The minimum absolute atomic E-state index is 0.0511. The van der Waals surface area contributed by atoms with Crippen LogP contribution in [0.15, 0.2) is 6.07 Å².